The van der Waals surface area contributed by atoms with Crippen LogP contribution in [0.15, 0.2) is 47.5 Å². The molecule has 0 radical (unpaired) electrons. The van der Waals surface area contributed by atoms with E-state index in [0.29, 0.717) is 30.5 Å². The molecule has 2 aromatic carbocycles. The van der Waals surface area contributed by atoms with Gasteiger partial charge in [-0.3, -0.25) is 4.90 Å². The lowest BCUT2D eigenvalue weighted by Gasteiger charge is -2.34. The van der Waals surface area contributed by atoms with Gasteiger partial charge in [0.1, 0.15) is 0 Å². The Morgan fingerprint density at radius 3 is 2.12 bits per heavy atom. The molecule has 0 aliphatic carbocycles. The summed E-state index contributed by atoms with van der Waals surface area (Å²) >= 11 is 0. The first-order valence-electron chi connectivity index (χ1n) is 10.9. The number of nitrogens with zero attached hydrogens (tertiary/aromatic N) is 3. The topological polar surface area (TPSA) is 75.4 Å². The molecule has 0 bridgehead atoms. The Bertz CT molecular complexity index is 852. The lowest BCUT2D eigenvalue weighted by molar-refractivity contribution is 0.132. The summed E-state index contributed by atoms with van der Waals surface area (Å²) in [6, 6.07) is 14.5. The number of nitrogens with one attached hydrogen (secondary N) is 1. The number of halogens is 1. The SMILES string of the molecule is CCN1CCN(Cc2ccc(CNC(N)=NCc3ccc(OC)c(OC)c3)cc2)CC1.I. The summed E-state index contributed by atoms with van der Waals surface area (Å²) in [5.74, 6) is 1.81. The number of nitrogens with two attached hydrogens (primary N) is 1. The van der Waals surface area contributed by atoms with Crippen molar-refractivity contribution < 1.29 is 9.47 Å². The molecule has 8 heteroatoms. The Hall–Kier alpha value is -2.04. The fourth-order valence-electron chi connectivity index (χ4n) is 3.69. The van der Waals surface area contributed by atoms with E-state index in [0.717, 1.165) is 31.7 Å². The first-order valence-corrected chi connectivity index (χ1v) is 10.9. The Morgan fingerprint density at radius 2 is 1.50 bits per heavy atom. The van der Waals surface area contributed by atoms with Crippen LogP contribution in [0.1, 0.15) is 23.6 Å². The van der Waals surface area contributed by atoms with Crippen molar-refractivity contribution in [3.8, 4) is 11.5 Å². The van der Waals surface area contributed by atoms with Crippen molar-refractivity contribution >= 4 is 29.9 Å². The van der Waals surface area contributed by atoms with Gasteiger partial charge in [-0.25, -0.2) is 4.99 Å². The molecule has 3 rings (SSSR count). The number of rotatable bonds is 9. The normalized spacial score (nSPS) is 15.2. The maximum absolute atomic E-state index is 6.04. The zero-order chi connectivity index (χ0) is 22.1. The standard InChI is InChI=1S/C24H35N5O2.HI/c1-4-28-11-13-29(14-12-28)18-20-7-5-19(6-8-20)16-26-24(25)27-17-21-9-10-22(30-2)23(15-21)31-3;/h5-10,15H,4,11-14,16-18H2,1-3H3,(H3,25,26,27);1H. The van der Waals surface area contributed by atoms with Gasteiger partial charge in [-0.2, -0.15) is 0 Å². The molecule has 176 valence electrons. The van der Waals surface area contributed by atoms with Crippen molar-refractivity contribution in [1.82, 2.24) is 15.1 Å². The van der Waals surface area contributed by atoms with Crippen LogP contribution in [0.5, 0.6) is 11.5 Å². The van der Waals surface area contributed by atoms with E-state index in [1.165, 1.54) is 24.2 Å². The molecule has 0 unspecified atom stereocenters. The summed E-state index contributed by atoms with van der Waals surface area (Å²) in [6.07, 6.45) is 0. The number of piperazine rings is 1. The molecule has 0 saturated carbocycles. The molecular weight excluding hydrogens is 517 g/mol. The second-order valence-corrected chi connectivity index (χ2v) is 7.77. The molecule has 1 heterocycles. The number of hydrogen-bond acceptors (Lipinski definition) is 5. The predicted molar refractivity (Wildman–Crippen MR) is 141 cm³/mol. The highest BCUT2D eigenvalue weighted by Crippen LogP contribution is 2.27. The quantitative estimate of drug-likeness (QED) is 0.283. The zero-order valence-corrected chi connectivity index (χ0v) is 21.7. The lowest BCUT2D eigenvalue weighted by atomic mass is 10.1. The summed E-state index contributed by atoms with van der Waals surface area (Å²) in [6.45, 7) is 10.1. The fraction of sp³-hybridized carbons (Fsp3) is 0.458. The van der Waals surface area contributed by atoms with Crippen molar-refractivity contribution in [2.75, 3.05) is 46.9 Å². The highest BCUT2D eigenvalue weighted by atomic mass is 127. The number of aliphatic imine (C=N–C) groups is 1. The van der Waals surface area contributed by atoms with Crippen molar-refractivity contribution in [3.63, 3.8) is 0 Å². The van der Waals surface area contributed by atoms with Crippen LogP contribution < -0.4 is 20.5 Å². The van der Waals surface area contributed by atoms with Gasteiger partial charge in [0.2, 0.25) is 0 Å². The molecule has 1 saturated heterocycles. The van der Waals surface area contributed by atoms with Gasteiger partial charge in [-0.05, 0) is 35.4 Å². The van der Waals surface area contributed by atoms with Crippen molar-refractivity contribution in [2.24, 2.45) is 10.7 Å². The van der Waals surface area contributed by atoms with E-state index >= 15 is 0 Å². The third kappa shape index (κ3) is 7.83. The largest absolute Gasteiger partial charge is 0.493 e. The molecule has 0 amide bonds. The number of benzene rings is 2. The van der Waals surface area contributed by atoms with Crippen molar-refractivity contribution in [2.45, 2.75) is 26.6 Å². The number of methoxy groups -OCH3 is 2. The summed E-state index contributed by atoms with van der Waals surface area (Å²) in [7, 11) is 3.25. The third-order valence-corrected chi connectivity index (χ3v) is 5.69. The van der Waals surface area contributed by atoms with Gasteiger partial charge in [0.05, 0.1) is 20.8 Å². The van der Waals surface area contributed by atoms with E-state index in [1.54, 1.807) is 14.2 Å². The molecule has 32 heavy (non-hydrogen) atoms. The molecular formula is C24H36IN5O2. The van der Waals surface area contributed by atoms with E-state index in [9.17, 15) is 0 Å². The van der Waals surface area contributed by atoms with E-state index in [1.807, 2.05) is 18.2 Å². The van der Waals surface area contributed by atoms with Crippen LogP contribution in [-0.2, 0) is 19.6 Å². The smallest absolute Gasteiger partial charge is 0.189 e. The first-order chi connectivity index (χ1) is 15.1. The summed E-state index contributed by atoms with van der Waals surface area (Å²) in [5.41, 5.74) is 9.59. The second-order valence-electron chi connectivity index (χ2n) is 7.77. The van der Waals surface area contributed by atoms with Gasteiger partial charge < -0.3 is 25.4 Å². The van der Waals surface area contributed by atoms with Gasteiger partial charge in [0, 0.05) is 39.3 Å². The molecule has 2 aromatic rings. The molecule has 1 aliphatic heterocycles. The maximum atomic E-state index is 6.04. The van der Waals surface area contributed by atoms with Crippen LogP contribution in [0.25, 0.3) is 0 Å². The molecule has 1 fully saturated rings. The second kappa shape index (κ2) is 13.5. The highest BCUT2D eigenvalue weighted by molar-refractivity contribution is 14.0. The maximum Gasteiger partial charge on any atom is 0.189 e. The number of hydrogen-bond donors (Lipinski definition) is 2. The molecule has 3 N–H and O–H groups in total. The van der Waals surface area contributed by atoms with Crippen LogP contribution >= 0.6 is 24.0 Å². The minimum atomic E-state index is 0. The molecule has 0 aromatic heterocycles. The van der Waals surface area contributed by atoms with Crippen molar-refractivity contribution in [3.05, 3.63) is 59.2 Å². The average Bonchev–Trinajstić information content (AvgIpc) is 2.82. The van der Waals surface area contributed by atoms with E-state index in [-0.39, 0.29) is 24.0 Å². The van der Waals surface area contributed by atoms with Crippen LogP contribution in [0, 0.1) is 0 Å². The van der Waals surface area contributed by atoms with E-state index in [4.69, 9.17) is 15.2 Å². The summed E-state index contributed by atoms with van der Waals surface area (Å²) in [4.78, 5) is 9.45. The van der Waals surface area contributed by atoms with Gasteiger partial charge in [-0.1, -0.05) is 37.3 Å². The van der Waals surface area contributed by atoms with Crippen molar-refractivity contribution in [1.29, 1.82) is 0 Å². The van der Waals surface area contributed by atoms with E-state index in [2.05, 4.69) is 51.3 Å². The minimum absolute atomic E-state index is 0. The Labute approximate surface area is 209 Å². The predicted octanol–water partition coefficient (Wildman–Crippen LogP) is 3.06. The van der Waals surface area contributed by atoms with Crippen LogP contribution in [0.3, 0.4) is 0 Å². The van der Waals surface area contributed by atoms with E-state index < -0.39 is 0 Å². The summed E-state index contributed by atoms with van der Waals surface area (Å²) < 4.78 is 10.6. The number of likely N-dealkylation sites (N-methyl/N-ethyl adjacent to an activating group) is 1. The zero-order valence-electron chi connectivity index (χ0n) is 19.3. The third-order valence-electron chi connectivity index (χ3n) is 5.69. The lowest BCUT2D eigenvalue weighted by Crippen LogP contribution is -2.45. The summed E-state index contributed by atoms with van der Waals surface area (Å²) in [5, 5.41) is 3.19. The highest BCUT2D eigenvalue weighted by Gasteiger charge is 2.15. The number of ether oxygens (including phenoxy) is 2. The first kappa shape index (κ1) is 26.2. The van der Waals surface area contributed by atoms with Crippen LogP contribution in [-0.4, -0.2) is 62.7 Å². The minimum Gasteiger partial charge on any atom is -0.493 e. The van der Waals surface area contributed by atoms with Crippen LogP contribution in [0.4, 0.5) is 0 Å². The molecule has 0 spiro atoms. The fourth-order valence-corrected chi connectivity index (χ4v) is 3.69. The Balaban J connectivity index is 0.00000363. The number of guanidine groups is 1. The molecule has 7 nitrogen and oxygen atoms in total. The molecule has 1 aliphatic rings. The van der Waals surface area contributed by atoms with Crippen LogP contribution in [0.2, 0.25) is 0 Å². The van der Waals surface area contributed by atoms with Gasteiger partial charge in [0.25, 0.3) is 0 Å². The Morgan fingerprint density at radius 1 is 0.906 bits per heavy atom. The average molecular weight is 553 g/mol. The van der Waals surface area contributed by atoms with Gasteiger partial charge in [0.15, 0.2) is 17.5 Å². The Kier molecular flexibility index (Phi) is 11.1. The van der Waals surface area contributed by atoms with Gasteiger partial charge in [-0.15, -0.1) is 24.0 Å². The monoisotopic (exact) mass is 553 g/mol. The van der Waals surface area contributed by atoms with Gasteiger partial charge >= 0.3 is 0 Å². The molecule has 0 atom stereocenters.